The van der Waals surface area contributed by atoms with Crippen molar-refractivity contribution in [2.45, 2.75) is 34.3 Å². The number of methoxy groups -OCH3 is 2. The molecule has 0 aliphatic heterocycles. The number of esters is 1. The number of benzene rings is 1. The second-order valence-electron chi connectivity index (χ2n) is 5.47. The second kappa shape index (κ2) is 9.65. The fourth-order valence-electron chi connectivity index (χ4n) is 1.83. The van der Waals surface area contributed by atoms with Crippen LogP contribution in [0.4, 0.5) is 0 Å². The predicted octanol–water partition coefficient (Wildman–Crippen LogP) is 4.06. The average molecular weight is 334 g/mol. The minimum absolute atomic E-state index is 0.130. The van der Waals surface area contributed by atoms with E-state index in [1.807, 2.05) is 19.9 Å². The maximum absolute atomic E-state index is 11.7. The van der Waals surface area contributed by atoms with Gasteiger partial charge in [-0.3, -0.25) is 0 Å². The average Bonchev–Trinajstić information content (AvgIpc) is 2.58. The molecule has 0 bridgehead atoms. The van der Waals surface area contributed by atoms with Crippen molar-refractivity contribution in [3.05, 3.63) is 41.0 Å². The first kappa shape index (κ1) is 19.6. The van der Waals surface area contributed by atoms with Crippen molar-refractivity contribution in [3.8, 4) is 17.2 Å². The van der Waals surface area contributed by atoms with Crippen molar-refractivity contribution < 1.29 is 23.7 Å². The number of hydrogen-bond acceptors (Lipinski definition) is 5. The van der Waals surface area contributed by atoms with Crippen LogP contribution in [0.2, 0.25) is 0 Å². The molecule has 0 saturated carbocycles. The van der Waals surface area contributed by atoms with Crippen molar-refractivity contribution in [1.82, 2.24) is 0 Å². The van der Waals surface area contributed by atoms with Gasteiger partial charge in [0.1, 0.15) is 13.2 Å². The predicted molar refractivity (Wildman–Crippen MR) is 93.7 cm³/mol. The van der Waals surface area contributed by atoms with Crippen LogP contribution in [0, 0.1) is 0 Å². The lowest BCUT2D eigenvalue weighted by molar-refractivity contribution is -0.140. The monoisotopic (exact) mass is 334 g/mol. The van der Waals surface area contributed by atoms with Gasteiger partial charge >= 0.3 is 5.97 Å². The van der Waals surface area contributed by atoms with Gasteiger partial charge in [-0.15, -0.1) is 0 Å². The molecule has 0 heterocycles. The third-order valence-corrected chi connectivity index (χ3v) is 3.36. The number of rotatable bonds is 8. The number of ether oxygens (including phenoxy) is 4. The molecule has 1 rings (SSSR count). The Morgan fingerprint density at radius 2 is 1.67 bits per heavy atom. The van der Waals surface area contributed by atoms with E-state index in [-0.39, 0.29) is 12.6 Å². The third kappa shape index (κ3) is 5.65. The van der Waals surface area contributed by atoms with E-state index in [1.165, 1.54) is 0 Å². The Balaban J connectivity index is 2.97. The molecule has 0 radical (unpaired) electrons. The van der Waals surface area contributed by atoms with Gasteiger partial charge in [0, 0.05) is 5.57 Å². The van der Waals surface area contributed by atoms with E-state index in [9.17, 15) is 4.79 Å². The maximum Gasteiger partial charge on any atom is 0.333 e. The molecule has 1 aromatic rings. The highest BCUT2D eigenvalue weighted by molar-refractivity contribution is 5.87. The van der Waals surface area contributed by atoms with Gasteiger partial charge in [-0.05, 0) is 51.5 Å². The zero-order chi connectivity index (χ0) is 18.1. The molecule has 0 unspecified atom stereocenters. The van der Waals surface area contributed by atoms with Crippen LogP contribution in [0.15, 0.2) is 35.4 Å². The Kier molecular flexibility index (Phi) is 7.89. The summed E-state index contributed by atoms with van der Waals surface area (Å²) in [6.07, 6.45) is 3.68. The molecule has 5 heteroatoms. The van der Waals surface area contributed by atoms with E-state index >= 15 is 0 Å². The zero-order valence-electron chi connectivity index (χ0n) is 15.3. The van der Waals surface area contributed by atoms with Gasteiger partial charge < -0.3 is 18.9 Å². The smallest absolute Gasteiger partial charge is 0.333 e. The summed E-state index contributed by atoms with van der Waals surface area (Å²) in [5, 5.41) is 0. The lowest BCUT2D eigenvalue weighted by Crippen LogP contribution is -2.06. The lowest BCUT2D eigenvalue weighted by Gasteiger charge is -2.15. The fraction of sp³-hybridized carbons (Fsp3) is 0.421. The summed E-state index contributed by atoms with van der Waals surface area (Å²) in [4.78, 5) is 11.7. The zero-order valence-corrected chi connectivity index (χ0v) is 15.3. The third-order valence-electron chi connectivity index (χ3n) is 3.36. The first-order valence-electron chi connectivity index (χ1n) is 7.74. The molecule has 0 aromatic heterocycles. The molecule has 5 nitrogen and oxygen atoms in total. The molecule has 0 amide bonds. The van der Waals surface area contributed by atoms with Crippen molar-refractivity contribution in [2.24, 2.45) is 0 Å². The van der Waals surface area contributed by atoms with E-state index in [0.29, 0.717) is 29.4 Å². The molecule has 1 aromatic carbocycles. The Labute approximate surface area is 143 Å². The molecular formula is C19H26O5. The minimum Gasteiger partial charge on any atom is -0.493 e. The highest BCUT2D eigenvalue weighted by Crippen LogP contribution is 2.38. The molecule has 0 saturated heterocycles. The highest BCUT2D eigenvalue weighted by Gasteiger charge is 2.15. The van der Waals surface area contributed by atoms with Gasteiger partial charge in [0.2, 0.25) is 5.75 Å². The van der Waals surface area contributed by atoms with E-state index < -0.39 is 0 Å². The summed E-state index contributed by atoms with van der Waals surface area (Å²) >= 11 is 0. The molecule has 0 atom stereocenters. The maximum atomic E-state index is 11.7. The van der Waals surface area contributed by atoms with Gasteiger partial charge in [0.15, 0.2) is 11.5 Å². The van der Waals surface area contributed by atoms with Crippen molar-refractivity contribution >= 4 is 5.97 Å². The van der Waals surface area contributed by atoms with Crippen molar-refractivity contribution in [3.63, 3.8) is 0 Å². The molecule has 132 valence electrons. The first-order chi connectivity index (χ1) is 11.4. The van der Waals surface area contributed by atoms with Gasteiger partial charge in [-0.2, -0.15) is 0 Å². The summed E-state index contributed by atoms with van der Waals surface area (Å²) in [5.41, 5.74) is 2.49. The van der Waals surface area contributed by atoms with Crippen LogP contribution in [0.5, 0.6) is 17.2 Å². The Morgan fingerprint density at radius 3 is 2.12 bits per heavy atom. The molecule has 0 aliphatic carbocycles. The van der Waals surface area contributed by atoms with Gasteiger partial charge in [-0.1, -0.05) is 11.6 Å². The molecule has 0 spiro atoms. The van der Waals surface area contributed by atoms with E-state index in [0.717, 1.165) is 11.1 Å². The minimum atomic E-state index is -0.348. The number of carbonyl (C=O) groups excluding carboxylic acids is 1. The first-order valence-corrected chi connectivity index (χ1v) is 7.74. The topological polar surface area (TPSA) is 54.0 Å². The van der Waals surface area contributed by atoms with Crippen LogP contribution in [-0.4, -0.2) is 26.8 Å². The van der Waals surface area contributed by atoms with Crippen molar-refractivity contribution in [2.75, 3.05) is 20.8 Å². The lowest BCUT2D eigenvalue weighted by atomic mass is 10.2. The molecule has 24 heavy (non-hydrogen) atoms. The Morgan fingerprint density at radius 1 is 1.08 bits per heavy atom. The number of allylic oxidation sites excluding steroid dienone is 2. The van der Waals surface area contributed by atoms with Gasteiger partial charge in [0.05, 0.1) is 14.2 Å². The van der Waals surface area contributed by atoms with Gasteiger partial charge in [-0.25, -0.2) is 4.79 Å². The SMILES string of the molecule is CC=C(C)C(=O)OCc1cc(OC)c(OCC=C(C)C)c(OC)c1. The Bertz CT molecular complexity index is 600. The van der Waals surface area contributed by atoms with Gasteiger partial charge in [0.25, 0.3) is 0 Å². The molecular weight excluding hydrogens is 308 g/mol. The van der Waals surface area contributed by atoms with E-state index in [1.54, 1.807) is 46.3 Å². The van der Waals surface area contributed by atoms with Crippen LogP contribution in [0.25, 0.3) is 0 Å². The molecule has 0 N–H and O–H groups in total. The molecule has 0 fully saturated rings. The number of hydrogen-bond donors (Lipinski definition) is 0. The van der Waals surface area contributed by atoms with Crippen LogP contribution in [0.3, 0.4) is 0 Å². The summed E-state index contributed by atoms with van der Waals surface area (Å²) in [7, 11) is 3.12. The van der Waals surface area contributed by atoms with Crippen LogP contribution >= 0.6 is 0 Å². The molecule has 0 aliphatic rings. The summed E-state index contributed by atoms with van der Waals surface area (Å²) in [5.74, 6) is 1.24. The summed E-state index contributed by atoms with van der Waals surface area (Å²) < 4.78 is 21.8. The van der Waals surface area contributed by atoms with E-state index in [2.05, 4.69) is 0 Å². The summed E-state index contributed by atoms with van der Waals surface area (Å²) in [6, 6.07) is 3.55. The van der Waals surface area contributed by atoms with Crippen LogP contribution in [0.1, 0.15) is 33.3 Å². The second-order valence-corrected chi connectivity index (χ2v) is 5.47. The Hall–Kier alpha value is -2.43. The summed E-state index contributed by atoms with van der Waals surface area (Å²) in [6.45, 7) is 8.06. The highest BCUT2D eigenvalue weighted by atomic mass is 16.5. The standard InChI is InChI=1S/C19H26O5/c1-7-14(4)19(20)24-12-15-10-16(21-5)18(17(11-15)22-6)23-9-8-13(2)3/h7-8,10-11H,9,12H2,1-6H3. The quantitative estimate of drug-likeness (QED) is 0.408. The van der Waals surface area contributed by atoms with E-state index in [4.69, 9.17) is 18.9 Å². The van der Waals surface area contributed by atoms with Crippen LogP contribution in [-0.2, 0) is 16.1 Å². The fourth-order valence-corrected chi connectivity index (χ4v) is 1.83. The van der Waals surface area contributed by atoms with Crippen molar-refractivity contribution in [1.29, 1.82) is 0 Å². The normalized spacial score (nSPS) is 10.8. The number of carbonyl (C=O) groups is 1. The largest absolute Gasteiger partial charge is 0.493 e. The van der Waals surface area contributed by atoms with Crippen LogP contribution < -0.4 is 14.2 Å².